The van der Waals surface area contributed by atoms with Gasteiger partial charge in [0.1, 0.15) is 17.8 Å². The predicted octanol–water partition coefficient (Wildman–Crippen LogP) is 3.59. The highest BCUT2D eigenvalue weighted by Crippen LogP contribution is 2.23. The number of amides is 2. The van der Waals surface area contributed by atoms with Gasteiger partial charge in [0.25, 0.3) is 5.91 Å². The molecule has 1 aromatic carbocycles. The molecule has 1 aliphatic rings. The van der Waals surface area contributed by atoms with E-state index in [0.29, 0.717) is 36.7 Å². The minimum absolute atomic E-state index is 0.0276. The third-order valence-corrected chi connectivity index (χ3v) is 5.85. The first kappa shape index (κ1) is 22.5. The Labute approximate surface area is 194 Å². The van der Waals surface area contributed by atoms with E-state index in [1.807, 2.05) is 11.8 Å². The number of hydrogen-bond acceptors (Lipinski definition) is 5. The van der Waals surface area contributed by atoms with Crippen molar-refractivity contribution in [3.05, 3.63) is 65.9 Å². The van der Waals surface area contributed by atoms with Gasteiger partial charge in [0.15, 0.2) is 0 Å². The first-order valence-corrected chi connectivity index (χ1v) is 11.4. The number of hydrogen-bond donors (Lipinski definition) is 1. The Bertz CT molecular complexity index is 1130. The number of carbonyl (C=O) groups is 2. The van der Waals surface area contributed by atoms with Crippen molar-refractivity contribution in [1.29, 1.82) is 0 Å². The summed E-state index contributed by atoms with van der Waals surface area (Å²) in [6.07, 6.45) is 6.18. The number of nitrogens with one attached hydrogen (secondary N) is 1. The number of benzene rings is 1. The van der Waals surface area contributed by atoms with Crippen molar-refractivity contribution in [3.8, 4) is 5.82 Å². The molecule has 3 heterocycles. The number of rotatable bonds is 6. The van der Waals surface area contributed by atoms with Gasteiger partial charge in [-0.05, 0) is 49.6 Å². The van der Waals surface area contributed by atoms with Gasteiger partial charge in [0.2, 0.25) is 5.91 Å². The molecule has 0 radical (unpaired) electrons. The second-order valence-electron chi connectivity index (χ2n) is 8.44. The number of pyridine rings is 1. The van der Waals surface area contributed by atoms with Crippen LogP contribution in [0, 0.1) is 13.8 Å². The van der Waals surface area contributed by atoms with E-state index < -0.39 is 0 Å². The number of piperazine rings is 1. The largest absolute Gasteiger partial charge is 0.368 e. The van der Waals surface area contributed by atoms with Crippen LogP contribution >= 0.6 is 0 Å². The van der Waals surface area contributed by atoms with E-state index in [2.05, 4.69) is 52.2 Å². The zero-order valence-electron chi connectivity index (χ0n) is 19.4. The lowest BCUT2D eigenvalue weighted by molar-refractivity contribution is -0.116. The summed E-state index contributed by atoms with van der Waals surface area (Å²) in [5.74, 6) is 0.535. The van der Waals surface area contributed by atoms with Crippen LogP contribution in [0.25, 0.3) is 5.82 Å². The van der Waals surface area contributed by atoms with E-state index in [9.17, 15) is 9.59 Å². The molecule has 172 valence electrons. The molecule has 1 fully saturated rings. The normalized spacial score (nSPS) is 13.8. The smallest absolute Gasteiger partial charge is 0.274 e. The van der Waals surface area contributed by atoms with E-state index in [1.54, 1.807) is 35.4 Å². The second kappa shape index (κ2) is 9.85. The average Bonchev–Trinajstić information content (AvgIpc) is 3.31. The van der Waals surface area contributed by atoms with Gasteiger partial charge in [0.05, 0.1) is 11.9 Å². The minimum atomic E-state index is -0.0715. The molecule has 0 atom stereocenters. The van der Waals surface area contributed by atoms with Crippen molar-refractivity contribution in [2.24, 2.45) is 0 Å². The fourth-order valence-electron chi connectivity index (χ4n) is 3.99. The Kier molecular flexibility index (Phi) is 6.72. The van der Waals surface area contributed by atoms with E-state index in [0.717, 1.165) is 19.5 Å². The Morgan fingerprint density at radius 3 is 2.52 bits per heavy atom. The lowest BCUT2D eigenvalue weighted by atomic mass is 10.1. The van der Waals surface area contributed by atoms with Crippen molar-refractivity contribution in [2.45, 2.75) is 33.6 Å². The molecule has 0 aliphatic carbocycles. The van der Waals surface area contributed by atoms with Crippen molar-refractivity contribution >= 4 is 23.2 Å². The number of aryl methyl sites for hydroxylation is 2. The molecule has 0 unspecified atom stereocenters. The summed E-state index contributed by atoms with van der Waals surface area (Å²) in [6.45, 7) is 9.09. The van der Waals surface area contributed by atoms with Crippen LogP contribution in [-0.2, 0) is 4.79 Å². The second-order valence-corrected chi connectivity index (χ2v) is 8.44. The SMILES string of the molecule is CCCC(=O)Nc1ccc(-n2cnc(C(=O)N3CCN(c4cc(C)ccc4C)CC3)c2)nc1. The molecule has 8 nitrogen and oxygen atoms in total. The van der Waals surface area contributed by atoms with E-state index in [-0.39, 0.29) is 11.8 Å². The summed E-state index contributed by atoms with van der Waals surface area (Å²) in [6, 6.07) is 10.1. The van der Waals surface area contributed by atoms with Crippen molar-refractivity contribution in [2.75, 3.05) is 36.4 Å². The topological polar surface area (TPSA) is 83.4 Å². The molecule has 2 amide bonds. The van der Waals surface area contributed by atoms with Crippen LogP contribution in [0.15, 0.2) is 49.1 Å². The van der Waals surface area contributed by atoms with Gasteiger partial charge in [-0.3, -0.25) is 14.2 Å². The van der Waals surface area contributed by atoms with E-state index in [4.69, 9.17) is 0 Å². The standard InChI is InChI=1S/C25H30N6O2/c1-4-5-24(32)28-20-8-9-23(26-15-20)31-16-21(27-17-31)25(33)30-12-10-29(11-13-30)22-14-18(2)6-7-19(22)3/h6-9,14-17H,4-5,10-13H2,1-3H3,(H,28,32). The highest BCUT2D eigenvalue weighted by atomic mass is 16.2. The lowest BCUT2D eigenvalue weighted by Crippen LogP contribution is -2.49. The molecule has 0 bridgehead atoms. The number of aromatic nitrogens is 3. The fourth-order valence-corrected chi connectivity index (χ4v) is 3.99. The first-order valence-electron chi connectivity index (χ1n) is 11.4. The van der Waals surface area contributed by atoms with Gasteiger partial charge in [-0.15, -0.1) is 0 Å². The zero-order valence-corrected chi connectivity index (χ0v) is 19.4. The molecule has 2 aromatic heterocycles. The maximum Gasteiger partial charge on any atom is 0.274 e. The van der Waals surface area contributed by atoms with Crippen LogP contribution in [0.3, 0.4) is 0 Å². The van der Waals surface area contributed by atoms with Gasteiger partial charge >= 0.3 is 0 Å². The first-order chi connectivity index (χ1) is 15.9. The van der Waals surface area contributed by atoms with Crippen LogP contribution in [-0.4, -0.2) is 57.4 Å². The predicted molar refractivity (Wildman–Crippen MR) is 129 cm³/mol. The molecule has 33 heavy (non-hydrogen) atoms. The Morgan fingerprint density at radius 2 is 1.82 bits per heavy atom. The molecule has 1 aliphatic heterocycles. The van der Waals surface area contributed by atoms with Gasteiger partial charge in [-0.25, -0.2) is 9.97 Å². The average molecular weight is 447 g/mol. The van der Waals surface area contributed by atoms with Crippen LogP contribution < -0.4 is 10.2 Å². The molecule has 0 saturated carbocycles. The lowest BCUT2D eigenvalue weighted by Gasteiger charge is -2.36. The molecular formula is C25H30N6O2. The van der Waals surface area contributed by atoms with Gasteiger partial charge in [0, 0.05) is 44.5 Å². The summed E-state index contributed by atoms with van der Waals surface area (Å²) in [7, 11) is 0. The van der Waals surface area contributed by atoms with Crippen molar-refractivity contribution in [1.82, 2.24) is 19.4 Å². The van der Waals surface area contributed by atoms with Crippen molar-refractivity contribution < 1.29 is 9.59 Å². The molecule has 1 saturated heterocycles. The van der Waals surface area contributed by atoms with Crippen LogP contribution in [0.2, 0.25) is 0 Å². The third kappa shape index (κ3) is 5.22. The maximum absolute atomic E-state index is 13.0. The highest BCUT2D eigenvalue weighted by Gasteiger charge is 2.24. The number of carbonyl (C=O) groups excluding carboxylic acids is 2. The molecule has 0 spiro atoms. The monoisotopic (exact) mass is 446 g/mol. The van der Waals surface area contributed by atoms with Crippen LogP contribution in [0.1, 0.15) is 41.4 Å². The molecule has 8 heteroatoms. The molecule has 1 N–H and O–H groups in total. The fraction of sp³-hybridized carbons (Fsp3) is 0.360. The highest BCUT2D eigenvalue weighted by molar-refractivity contribution is 5.92. The maximum atomic E-state index is 13.0. The summed E-state index contributed by atoms with van der Waals surface area (Å²) in [4.78, 5) is 37.6. The Hall–Kier alpha value is -3.68. The van der Waals surface area contributed by atoms with Crippen molar-refractivity contribution in [3.63, 3.8) is 0 Å². The summed E-state index contributed by atoms with van der Waals surface area (Å²) >= 11 is 0. The molecule has 4 rings (SSSR count). The quantitative estimate of drug-likeness (QED) is 0.626. The van der Waals surface area contributed by atoms with Gasteiger partial charge < -0.3 is 15.1 Å². The van der Waals surface area contributed by atoms with Crippen LogP contribution in [0.5, 0.6) is 0 Å². The Balaban J connectivity index is 1.37. The summed E-state index contributed by atoms with van der Waals surface area (Å²) in [5, 5.41) is 2.82. The molecular weight excluding hydrogens is 416 g/mol. The minimum Gasteiger partial charge on any atom is -0.368 e. The number of imidazole rings is 1. The molecule has 3 aromatic rings. The van der Waals surface area contributed by atoms with E-state index >= 15 is 0 Å². The van der Waals surface area contributed by atoms with Gasteiger partial charge in [-0.2, -0.15) is 0 Å². The number of nitrogens with zero attached hydrogens (tertiary/aromatic N) is 5. The number of anilines is 2. The van der Waals surface area contributed by atoms with Gasteiger partial charge in [-0.1, -0.05) is 19.1 Å². The zero-order chi connectivity index (χ0) is 23.4. The summed E-state index contributed by atoms with van der Waals surface area (Å²) in [5.41, 5.74) is 4.78. The van der Waals surface area contributed by atoms with Crippen LogP contribution in [0.4, 0.5) is 11.4 Å². The third-order valence-electron chi connectivity index (χ3n) is 5.85. The Morgan fingerprint density at radius 1 is 1.03 bits per heavy atom. The summed E-state index contributed by atoms with van der Waals surface area (Å²) < 4.78 is 1.72. The van der Waals surface area contributed by atoms with E-state index in [1.165, 1.54) is 16.8 Å².